The smallest absolute Gasteiger partial charge is 0.182 e. The summed E-state index contributed by atoms with van der Waals surface area (Å²) in [4.78, 5) is 4.58. The maximum absolute atomic E-state index is 6.29. The Kier molecular flexibility index (Phi) is 3.96. The van der Waals surface area contributed by atoms with E-state index < -0.39 is 0 Å². The van der Waals surface area contributed by atoms with Crippen LogP contribution in [0.15, 0.2) is 79.0 Å². The number of ether oxygens (including phenoxy) is 1. The van der Waals surface area contributed by atoms with Gasteiger partial charge in [-0.25, -0.2) is 9.50 Å². The molecule has 0 spiro atoms. The molecule has 1 aliphatic rings. The Morgan fingerprint density at radius 3 is 2.44 bits per heavy atom. The van der Waals surface area contributed by atoms with Gasteiger partial charge in [-0.3, -0.25) is 5.32 Å². The fourth-order valence-electron chi connectivity index (χ4n) is 3.58. The number of hydrogen-bond donors (Lipinski definition) is 1. The third kappa shape index (κ3) is 3.01. The topological polar surface area (TPSA) is 51.5 Å². The first-order valence-electron chi connectivity index (χ1n) is 9.16. The van der Waals surface area contributed by atoms with E-state index in [1.165, 1.54) is 5.56 Å². The Morgan fingerprint density at radius 2 is 1.67 bits per heavy atom. The first-order chi connectivity index (χ1) is 13.3. The molecule has 0 radical (unpaired) electrons. The highest BCUT2D eigenvalue weighted by atomic mass is 16.5. The molecule has 0 amide bonds. The molecule has 1 fully saturated rings. The van der Waals surface area contributed by atoms with Gasteiger partial charge < -0.3 is 4.74 Å². The molecule has 0 aliphatic carbocycles. The molecule has 3 heterocycles. The molecular formula is C22H20N4O. The third-order valence-electron chi connectivity index (χ3n) is 4.99. The van der Waals surface area contributed by atoms with E-state index in [0.29, 0.717) is 0 Å². The van der Waals surface area contributed by atoms with E-state index >= 15 is 0 Å². The minimum absolute atomic E-state index is 0.0518. The SMILES string of the molecule is C[C@@H]1N[C@@H](c2ccc(-c3nc4ccccn4n3)cc2)O[C@@H]1c1ccccc1. The zero-order valence-corrected chi connectivity index (χ0v) is 15.0. The van der Waals surface area contributed by atoms with Crippen molar-refractivity contribution >= 4 is 5.65 Å². The van der Waals surface area contributed by atoms with E-state index in [0.717, 1.165) is 22.6 Å². The second-order valence-corrected chi connectivity index (χ2v) is 6.86. The lowest BCUT2D eigenvalue weighted by atomic mass is 10.0. The highest BCUT2D eigenvalue weighted by molar-refractivity contribution is 5.58. The fourth-order valence-corrected chi connectivity index (χ4v) is 3.58. The molecule has 0 unspecified atom stereocenters. The van der Waals surface area contributed by atoms with Gasteiger partial charge >= 0.3 is 0 Å². The summed E-state index contributed by atoms with van der Waals surface area (Å²) in [5, 5.41) is 8.07. The van der Waals surface area contributed by atoms with E-state index in [2.05, 4.69) is 70.9 Å². The van der Waals surface area contributed by atoms with Crippen molar-refractivity contribution in [2.75, 3.05) is 0 Å². The first kappa shape index (κ1) is 16.2. The van der Waals surface area contributed by atoms with Crippen LogP contribution in [0.3, 0.4) is 0 Å². The summed E-state index contributed by atoms with van der Waals surface area (Å²) >= 11 is 0. The zero-order chi connectivity index (χ0) is 18.2. The monoisotopic (exact) mass is 356 g/mol. The molecule has 2 aromatic carbocycles. The van der Waals surface area contributed by atoms with Crippen LogP contribution in [0.1, 0.15) is 30.4 Å². The first-order valence-corrected chi connectivity index (χ1v) is 9.16. The quantitative estimate of drug-likeness (QED) is 0.599. The van der Waals surface area contributed by atoms with Gasteiger partial charge in [-0.2, -0.15) is 0 Å². The van der Waals surface area contributed by atoms with E-state index in [1.807, 2.05) is 30.5 Å². The maximum Gasteiger partial charge on any atom is 0.182 e. The molecule has 134 valence electrons. The van der Waals surface area contributed by atoms with Crippen molar-refractivity contribution in [3.05, 3.63) is 90.1 Å². The van der Waals surface area contributed by atoms with Crippen LogP contribution in [0.5, 0.6) is 0 Å². The molecule has 0 bridgehead atoms. The van der Waals surface area contributed by atoms with Crippen LogP contribution in [0.25, 0.3) is 17.0 Å². The molecule has 2 aromatic heterocycles. The van der Waals surface area contributed by atoms with Crippen LogP contribution in [0, 0.1) is 0 Å². The summed E-state index contributed by atoms with van der Waals surface area (Å²) in [6.45, 7) is 2.16. The minimum atomic E-state index is -0.117. The molecule has 3 atom stereocenters. The zero-order valence-electron chi connectivity index (χ0n) is 15.0. The van der Waals surface area contributed by atoms with Crippen molar-refractivity contribution in [2.24, 2.45) is 0 Å². The summed E-state index contributed by atoms with van der Waals surface area (Å²) in [6.07, 6.45) is 1.84. The largest absolute Gasteiger partial charge is 0.350 e. The van der Waals surface area contributed by atoms with Crippen LogP contribution in [-0.2, 0) is 4.74 Å². The van der Waals surface area contributed by atoms with Crippen molar-refractivity contribution in [1.82, 2.24) is 19.9 Å². The Hall–Kier alpha value is -3.02. The number of pyridine rings is 1. The Morgan fingerprint density at radius 1 is 0.889 bits per heavy atom. The maximum atomic E-state index is 6.29. The predicted molar refractivity (Wildman–Crippen MR) is 104 cm³/mol. The second kappa shape index (κ2) is 6.61. The van der Waals surface area contributed by atoms with Crippen molar-refractivity contribution < 1.29 is 4.74 Å². The highest BCUT2D eigenvalue weighted by Crippen LogP contribution is 2.35. The Balaban J connectivity index is 1.37. The fraction of sp³-hybridized carbons (Fsp3) is 0.182. The van der Waals surface area contributed by atoms with Crippen LogP contribution in [-0.4, -0.2) is 20.6 Å². The van der Waals surface area contributed by atoms with Gasteiger partial charge in [0, 0.05) is 17.8 Å². The van der Waals surface area contributed by atoms with E-state index in [9.17, 15) is 0 Å². The molecular weight excluding hydrogens is 336 g/mol. The molecule has 27 heavy (non-hydrogen) atoms. The van der Waals surface area contributed by atoms with Crippen molar-refractivity contribution in [1.29, 1.82) is 0 Å². The van der Waals surface area contributed by atoms with Crippen molar-refractivity contribution in [3.8, 4) is 11.4 Å². The second-order valence-electron chi connectivity index (χ2n) is 6.86. The van der Waals surface area contributed by atoms with Crippen LogP contribution >= 0.6 is 0 Å². The average molecular weight is 356 g/mol. The predicted octanol–water partition coefficient (Wildman–Crippen LogP) is 4.14. The van der Waals surface area contributed by atoms with Gasteiger partial charge in [0.25, 0.3) is 0 Å². The van der Waals surface area contributed by atoms with E-state index in [1.54, 1.807) is 4.52 Å². The molecule has 1 N–H and O–H groups in total. The lowest BCUT2D eigenvalue weighted by molar-refractivity contribution is 0.0363. The summed E-state index contributed by atoms with van der Waals surface area (Å²) in [5.74, 6) is 0.726. The molecule has 0 saturated carbocycles. The lowest BCUT2D eigenvalue weighted by Gasteiger charge is -2.14. The average Bonchev–Trinajstić information content (AvgIpc) is 3.32. The van der Waals surface area contributed by atoms with Gasteiger partial charge in [0.1, 0.15) is 12.3 Å². The molecule has 1 aliphatic heterocycles. The number of fused-ring (bicyclic) bond motifs is 1. The number of nitrogens with zero attached hydrogens (tertiary/aromatic N) is 3. The number of benzene rings is 2. The number of aromatic nitrogens is 3. The normalized spacial score (nSPS) is 22.3. The van der Waals surface area contributed by atoms with Crippen LogP contribution < -0.4 is 5.32 Å². The standard InChI is InChI=1S/C22H20N4O/c1-15-20(16-7-3-2-4-8-16)27-22(23-15)18-12-10-17(11-13-18)21-24-19-9-5-6-14-26(19)25-21/h2-15,20,22-23H,1H3/t15-,20-,22+/m0/s1. The van der Waals surface area contributed by atoms with Gasteiger partial charge in [-0.1, -0.05) is 60.7 Å². The van der Waals surface area contributed by atoms with Crippen LogP contribution in [0.4, 0.5) is 0 Å². The van der Waals surface area contributed by atoms with Gasteiger partial charge in [0.15, 0.2) is 11.5 Å². The molecule has 5 rings (SSSR count). The number of nitrogens with one attached hydrogen (secondary N) is 1. The van der Waals surface area contributed by atoms with Gasteiger partial charge in [0.2, 0.25) is 0 Å². The van der Waals surface area contributed by atoms with E-state index in [-0.39, 0.29) is 18.4 Å². The summed E-state index contributed by atoms with van der Waals surface area (Å²) in [7, 11) is 0. The van der Waals surface area contributed by atoms with Crippen molar-refractivity contribution in [2.45, 2.75) is 25.3 Å². The summed E-state index contributed by atoms with van der Waals surface area (Å²) in [6, 6.07) is 24.7. The number of hydrogen-bond acceptors (Lipinski definition) is 4. The lowest BCUT2D eigenvalue weighted by Crippen LogP contribution is -2.23. The molecule has 5 nitrogen and oxygen atoms in total. The summed E-state index contributed by atoms with van der Waals surface area (Å²) in [5.41, 5.74) is 4.14. The third-order valence-corrected chi connectivity index (χ3v) is 4.99. The minimum Gasteiger partial charge on any atom is -0.350 e. The number of rotatable bonds is 3. The van der Waals surface area contributed by atoms with Gasteiger partial charge in [0.05, 0.1) is 0 Å². The highest BCUT2D eigenvalue weighted by Gasteiger charge is 2.33. The molecule has 4 aromatic rings. The van der Waals surface area contributed by atoms with Gasteiger partial charge in [-0.05, 0) is 30.2 Å². The van der Waals surface area contributed by atoms with Crippen molar-refractivity contribution in [3.63, 3.8) is 0 Å². The van der Waals surface area contributed by atoms with Crippen LogP contribution in [0.2, 0.25) is 0 Å². The molecule has 1 saturated heterocycles. The van der Waals surface area contributed by atoms with E-state index in [4.69, 9.17) is 4.74 Å². The Labute approximate surface area is 157 Å². The van der Waals surface area contributed by atoms with Gasteiger partial charge in [-0.15, -0.1) is 5.10 Å². The summed E-state index contributed by atoms with van der Waals surface area (Å²) < 4.78 is 8.08. The molecule has 5 heteroatoms. The Bertz CT molecular complexity index is 1030.